The Balaban J connectivity index is 1.74. The molecule has 0 aromatic heterocycles. The van der Waals surface area contributed by atoms with Crippen LogP contribution in [0.1, 0.15) is 31.2 Å². The first-order valence-electron chi connectivity index (χ1n) is 6.63. The van der Waals surface area contributed by atoms with E-state index in [0.29, 0.717) is 12.8 Å². The zero-order valence-corrected chi connectivity index (χ0v) is 10.3. The molecular weight excluding hydrogens is 228 g/mol. The molecule has 2 aliphatic rings. The summed E-state index contributed by atoms with van der Waals surface area (Å²) in [6.45, 7) is 0. The van der Waals surface area contributed by atoms with Crippen molar-refractivity contribution in [3.8, 4) is 0 Å². The highest BCUT2D eigenvalue weighted by molar-refractivity contribution is 5.76. The Bertz CT molecular complexity index is 442. The molecule has 3 atom stereocenters. The molecule has 2 heterocycles. The van der Waals surface area contributed by atoms with E-state index in [-0.39, 0.29) is 12.2 Å². The average molecular weight is 246 g/mol. The number of hydrogen-bond acceptors (Lipinski definition) is 2. The van der Waals surface area contributed by atoms with Crippen molar-refractivity contribution in [3.63, 3.8) is 0 Å². The van der Waals surface area contributed by atoms with E-state index < -0.39 is 11.4 Å². The molecule has 2 saturated heterocycles. The van der Waals surface area contributed by atoms with E-state index in [1.54, 1.807) is 0 Å². The van der Waals surface area contributed by atoms with E-state index >= 15 is 0 Å². The summed E-state index contributed by atoms with van der Waals surface area (Å²) < 4.78 is 5.76. The van der Waals surface area contributed by atoms with Gasteiger partial charge in [-0.1, -0.05) is 30.3 Å². The van der Waals surface area contributed by atoms with Gasteiger partial charge in [0.2, 0.25) is 0 Å². The van der Waals surface area contributed by atoms with Crippen LogP contribution in [0.25, 0.3) is 0 Å². The molecule has 1 N–H and O–H groups in total. The lowest BCUT2D eigenvalue weighted by Crippen LogP contribution is -2.40. The molecule has 0 spiro atoms. The second-order valence-corrected chi connectivity index (χ2v) is 5.48. The van der Waals surface area contributed by atoms with E-state index in [1.165, 1.54) is 5.56 Å². The first kappa shape index (κ1) is 11.7. The van der Waals surface area contributed by atoms with Gasteiger partial charge >= 0.3 is 5.97 Å². The van der Waals surface area contributed by atoms with Crippen LogP contribution in [-0.4, -0.2) is 23.3 Å². The maximum Gasteiger partial charge on any atom is 0.312 e. The number of ether oxygens (including phenoxy) is 1. The Hall–Kier alpha value is -1.35. The van der Waals surface area contributed by atoms with Crippen molar-refractivity contribution in [3.05, 3.63) is 35.9 Å². The Morgan fingerprint density at radius 2 is 2.11 bits per heavy atom. The maximum atomic E-state index is 11.7. The molecular formula is C15H18O3. The van der Waals surface area contributed by atoms with Gasteiger partial charge in [0.1, 0.15) is 0 Å². The molecule has 3 heteroatoms. The van der Waals surface area contributed by atoms with Gasteiger partial charge in [0, 0.05) is 0 Å². The van der Waals surface area contributed by atoms with Gasteiger partial charge in [-0.15, -0.1) is 0 Å². The predicted molar refractivity (Wildman–Crippen MR) is 67.3 cm³/mol. The molecule has 2 bridgehead atoms. The minimum atomic E-state index is -0.675. The summed E-state index contributed by atoms with van der Waals surface area (Å²) in [5, 5.41) is 9.58. The van der Waals surface area contributed by atoms with Crippen LogP contribution < -0.4 is 0 Å². The van der Waals surface area contributed by atoms with Gasteiger partial charge in [0.05, 0.1) is 17.6 Å². The monoisotopic (exact) mass is 246 g/mol. The zero-order valence-electron chi connectivity index (χ0n) is 10.3. The Labute approximate surface area is 107 Å². The Morgan fingerprint density at radius 3 is 2.67 bits per heavy atom. The van der Waals surface area contributed by atoms with Crippen molar-refractivity contribution in [2.24, 2.45) is 5.41 Å². The predicted octanol–water partition coefficient (Wildman–Crippen LogP) is 2.64. The van der Waals surface area contributed by atoms with Crippen LogP contribution in [0.3, 0.4) is 0 Å². The van der Waals surface area contributed by atoms with Crippen LogP contribution in [0.4, 0.5) is 0 Å². The topological polar surface area (TPSA) is 46.5 Å². The van der Waals surface area contributed by atoms with Crippen molar-refractivity contribution in [2.75, 3.05) is 0 Å². The number of aryl methyl sites for hydroxylation is 1. The third kappa shape index (κ3) is 1.83. The fourth-order valence-corrected chi connectivity index (χ4v) is 3.41. The summed E-state index contributed by atoms with van der Waals surface area (Å²) in [6.07, 6.45) is 4.26. The number of carbonyl (C=O) groups is 1. The molecule has 2 fully saturated rings. The maximum absolute atomic E-state index is 11.7. The lowest BCUT2D eigenvalue weighted by molar-refractivity contribution is -0.152. The lowest BCUT2D eigenvalue weighted by atomic mass is 9.70. The molecule has 0 radical (unpaired) electrons. The van der Waals surface area contributed by atoms with Gasteiger partial charge in [-0.25, -0.2) is 0 Å². The van der Waals surface area contributed by atoms with Gasteiger partial charge in [-0.05, 0) is 37.7 Å². The molecule has 0 saturated carbocycles. The zero-order chi connectivity index (χ0) is 12.6. The number of fused-ring (bicyclic) bond motifs is 2. The van der Waals surface area contributed by atoms with Crippen molar-refractivity contribution in [2.45, 2.75) is 44.3 Å². The molecule has 3 nitrogen and oxygen atoms in total. The number of benzene rings is 1. The van der Waals surface area contributed by atoms with Crippen molar-refractivity contribution in [1.29, 1.82) is 0 Å². The van der Waals surface area contributed by atoms with Crippen LogP contribution >= 0.6 is 0 Å². The van der Waals surface area contributed by atoms with Gasteiger partial charge in [0.25, 0.3) is 0 Å². The SMILES string of the molecule is O=C(O)C1(CCc2ccccc2)CC2CCC1O2. The van der Waals surface area contributed by atoms with Gasteiger partial charge < -0.3 is 9.84 Å². The van der Waals surface area contributed by atoms with Gasteiger partial charge in [-0.2, -0.15) is 0 Å². The van der Waals surface area contributed by atoms with Crippen LogP contribution in [0.15, 0.2) is 30.3 Å². The summed E-state index contributed by atoms with van der Waals surface area (Å²) in [5.74, 6) is -0.675. The second kappa shape index (κ2) is 4.39. The Morgan fingerprint density at radius 1 is 1.33 bits per heavy atom. The van der Waals surface area contributed by atoms with Crippen molar-refractivity contribution >= 4 is 5.97 Å². The van der Waals surface area contributed by atoms with Crippen LogP contribution in [0, 0.1) is 5.41 Å². The highest BCUT2D eigenvalue weighted by Crippen LogP contribution is 2.50. The fourth-order valence-electron chi connectivity index (χ4n) is 3.41. The fraction of sp³-hybridized carbons (Fsp3) is 0.533. The number of carboxylic acid groups (broad SMARTS) is 1. The van der Waals surface area contributed by atoms with Gasteiger partial charge in [0.15, 0.2) is 0 Å². The molecule has 2 aliphatic heterocycles. The first-order chi connectivity index (χ1) is 8.71. The summed E-state index contributed by atoms with van der Waals surface area (Å²) in [5.41, 5.74) is 0.569. The minimum absolute atomic E-state index is 0.0660. The molecule has 0 amide bonds. The standard InChI is InChI=1S/C15H18O3/c16-14(17)15(10-12-6-7-13(15)18-12)9-8-11-4-2-1-3-5-11/h1-5,12-13H,6-10H2,(H,16,17). The average Bonchev–Trinajstić information content (AvgIpc) is 2.98. The highest BCUT2D eigenvalue weighted by Gasteiger charge is 2.56. The third-order valence-electron chi connectivity index (χ3n) is 4.44. The number of carboxylic acids is 1. The second-order valence-electron chi connectivity index (χ2n) is 5.48. The van der Waals surface area contributed by atoms with Crippen molar-refractivity contribution in [1.82, 2.24) is 0 Å². The van der Waals surface area contributed by atoms with E-state index in [1.807, 2.05) is 18.2 Å². The molecule has 1 aromatic carbocycles. The normalized spacial score (nSPS) is 33.8. The third-order valence-corrected chi connectivity index (χ3v) is 4.44. The van der Waals surface area contributed by atoms with E-state index in [4.69, 9.17) is 4.74 Å². The molecule has 3 rings (SSSR count). The summed E-state index contributed by atoms with van der Waals surface area (Å²) >= 11 is 0. The summed E-state index contributed by atoms with van der Waals surface area (Å²) in [7, 11) is 0. The van der Waals surface area contributed by atoms with Crippen molar-refractivity contribution < 1.29 is 14.6 Å². The Kier molecular flexibility index (Phi) is 2.86. The molecule has 96 valence electrons. The number of aliphatic carboxylic acids is 1. The molecule has 18 heavy (non-hydrogen) atoms. The van der Waals surface area contributed by atoms with E-state index in [0.717, 1.165) is 19.3 Å². The molecule has 1 aromatic rings. The van der Waals surface area contributed by atoms with Crippen LogP contribution in [0.5, 0.6) is 0 Å². The molecule has 0 aliphatic carbocycles. The molecule has 3 unspecified atom stereocenters. The van der Waals surface area contributed by atoms with E-state index in [2.05, 4.69) is 12.1 Å². The van der Waals surface area contributed by atoms with Gasteiger partial charge in [-0.3, -0.25) is 4.79 Å². The minimum Gasteiger partial charge on any atom is -0.481 e. The first-order valence-corrected chi connectivity index (χ1v) is 6.63. The smallest absolute Gasteiger partial charge is 0.312 e. The van der Waals surface area contributed by atoms with Crippen LogP contribution in [-0.2, 0) is 16.0 Å². The highest BCUT2D eigenvalue weighted by atomic mass is 16.5. The lowest BCUT2D eigenvalue weighted by Gasteiger charge is -2.30. The summed E-state index contributed by atoms with van der Waals surface area (Å²) in [6, 6.07) is 10.1. The quantitative estimate of drug-likeness (QED) is 0.888. The summed E-state index contributed by atoms with van der Waals surface area (Å²) in [4.78, 5) is 11.7. The van der Waals surface area contributed by atoms with E-state index in [9.17, 15) is 9.90 Å². The largest absolute Gasteiger partial charge is 0.481 e. The van der Waals surface area contributed by atoms with Crippen LogP contribution in [0.2, 0.25) is 0 Å². The number of hydrogen-bond donors (Lipinski definition) is 1. The number of rotatable bonds is 4.